The maximum atomic E-state index is 3.97. The van der Waals surface area contributed by atoms with Gasteiger partial charge in [-0.25, -0.2) is 0 Å². The second kappa shape index (κ2) is 11.7. The van der Waals surface area contributed by atoms with Crippen molar-refractivity contribution in [2.75, 3.05) is 20.1 Å². The van der Waals surface area contributed by atoms with Gasteiger partial charge in [0.2, 0.25) is 0 Å². The molecule has 1 heterocycles. The third-order valence-electron chi connectivity index (χ3n) is 1.86. The lowest BCUT2D eigenvalue weighted by Gasteiger charge is -2.03. The number of pyridine rings is 1. The van der Waals surface area contributed by atoms with Gasteiger partial charge < -0.3 is 10.6 Å². The first-order valence-electron chi connectivity index (χ1n) is 4.67. The number of nitrogens with zero attached hydrogens (tertiary/aromatic N) is 1. The lowest BCUT2D eigenvalue weighted by atomic mass is 10.2. The molecule has 3 nitrogen and oxygen atoms in total. The molecule has 0 aliphatic rings. The Hall–Kier alpha value is -0.350. The first-order valence-corrected chi connectivity index (χ1v) is 4.67. The van der Waals surface area contributed by atoms with E-state index in [1.54, 1.807) is 0 Å². The Labute approximate surface area is 104 Å². The molecule has 0 unspecified atom stereocenters. The molecule has 1 rings (SSSR count). The Morgan fingerprint density at radius 2 is 1.80 bits per heavy atom. The third kappa shape index (κ3) is 8.63. The van der Waals surface area contributed by atoms with Crippen LogP contribution in [0.15, 0.2) is 24.5 Å². The van der Waals surface area contributed by atoms with Crippen LogP contribution in [0.3, 0.4) is 0 Å². The fourth-order valence-electron chi connectivity index (χ4n) is 1.12. The number of hydrogen-bond donors (Lipinski definition) is 2. The predicted octanol–water partition coefficient (Wildman–Crippen LogP) is 1.62. The van der Waals surface area contributed by atoms with Crippen LogP contribution in [0, 0.1) is 0 Å². The van der Waals surface area contributed by atoms with Crippen molar-refractivity contribution in [3.05, 3.63) is 30.1 Å². The van der Waals surface area contributed by atoms with Gasteiger partial charge in [-0.3, -0.25) is 4.98 Å². The van der Waals surface area contributed by atoms with Crippen molar-refractivity contribution in [2.45, 2.75) is 13.0 Å². The normalized spacial score (nSPS) is 8.87. The summed E-state index contributed by atoms with van der Waals surface area (Å²) in [6.45, 7) is 3.07. The Kier molecular flexibility index (Phi) is 13.3. The maximum Gasteiger partial charge on any atom is 0.0271 e. The fraction of sp³-hybridized carbons (Fsp3) is 0.500. The molecule has 2 N–H and O–H groups in total. The monoisotopic (exact) mass is 251 g/mol. The fourth-order valence-corrected chi connectivity index (χ4v) is 1.12. The zero-order valence-corrected chi connectivity index (χ0v) is 10.5. The van der Waals surface area contributed by atoms with Gasteiger partial charge in [-0.2, -0.15) is 0 Å². The molecule has 5 heteroatoms. The van der Waals surface area contributed by atoms with Gasteiger partial charge in [-0.05, 0) is 44.3 Å². The summed E-state index contributed by atoms with van der Waals surface area (Å²) < 4.78 is 0. The highest BCUT2D eigenvalue weighted by atomic mass is 35.5. The van der Waals surface area contributed by atoms with E-state index < -0.39 is 0 Å². The van der Waals surface area contributed by atoms with Crippen molar-refractivity contribution in [3.63, 3.8) is 0 Å². The lowest BCUT2D eigenvalue weighted by Crippen LogP contribution is -2.19. The highest BCUT2D eigenvalue weighted by Gasteiger charge is 1.89. The van der Waals surface area contributed by atoms with E-state index in [1.165, 1.54) is 12.0 Å². The quantitative estimate of drug-likeness (QED) is 0.755. The van der Waals surface area contributed by atoms with E-state index in [2.05, 4.69) is 15.6 Å². The molecule has 0 aliphatic carbocycles. The second-order valence-corrected chi connectivity index (χ2v) is 2.99. The van der Waals surface area contributed by atoms with Gasteiger partial charge in [0.05, 0.1) is 0 Å². The van der Waals surface area contributed by atoms with Gasteiger partial charge in [-0.1, -0.05) is 0 Å². The molecule has 15 heavy (non-hydrogen) atoms. The smallest absolute Gasteiger partial charge is 0.0271 e. The highest BCUT2D eigenvalue weighted by molar-refractivity contribution is 5.85. The van der Waals surface area contributed by atoms with E-state index in [0.717, 1.165) is 19.6 Å². The molecular formula is C10H19Cl2N3. The Balaban J connectivity index is 0. The summed E-state index contributed by atoms with van der Waals surface area (Å²) in [4.78, 5) is 3.97. The van der Waals surface area contributed by atoms with E-state index in [4.69, 9.17) is 0 Å². The number of rotatable bonds is 6. The van der Waals surface area contributed by atoms with Crippen LogP contribution in [-0.4, -0.2) is 25.1 Å². The van der Waals surface area contributed by atoms with Crippen molar-refractivity contribution in [3.8, 4) is 0 Å². The number of hydrogen-bond acceptors (Lipinski definition) is 3. The topological polar surface area (TPSA) is 37.0 Å². The molecule has 0 saturated carbocycles. The summed E-state index contributed by atoms with van der Waals surface area (Å²) in [5, 5.41) is 6.49. The Bertz CT molecular complexity index is 219. The van der Waals surface area contributed by atoms with Crippen molar-refractivity contribution >= 4 is 24.8 Å². The average Bonchev–Trinajstić information content (AvgIpc) is 2.19. The molecule has 0 amide bonds. The molecule has 0 bridgehead atoms. The van der Waals surface area contributed by atoms with E-state index >= 15 is 0 Å². The number of aromatic nitrogens is 1. The molecule has 0 saturated heterocycles. The van der Waals surface area contributed by atoms with E-state index in [1.807, 2.05) is 31.6 Å². The molecule has 0 aromatic carbocycles. The molecule has 1 aromatic rings. The zero-order chi connectivity index (χ0) is 9.36. The van der Waals surface area contributed by atoms with Crippen molar-refractivity contribution < 1.29 is 0 Å². The molecule has 0 fully saturated rings. The third-order valence-corrected chi connectivity index (χ3v) is 1.86. The summed E-state index contributed by atoms with van der Waals surface area (Å²) in [5.41, 5.74) is 1.29. The van der Waals surface area contributed by atoms with Gasteiger partial charge in [0, 0.05) is 18.9 Å². The molecule has 0 aliphatic heterocycles. The number of nitrogens with one attached hydrogen (secondary N) is 2. The Morgan fingerprint density at radius 3 is 2.40 bits per heavy atom. The molecule has 0 spiro atoms. The molecule has 0 radical (unpaired) electrons. The van der Waals surface area contributed by atoms with Crippen LogP contribution >= 0.6 is 24.8 Å². The second-order valence-electron chi connectivity index (χ2n) is 2.99. The van der Waals surface area contributed by atoms with E-state index in [-0.39, 0.29) is 24.8 Å². The van der Waals surface area contributed by atoms with Gasteiger partial charge in [0.15, 0.2) is 0 Å². The molecule has 1 aromatic heterocycles. The minimum atomic E-state index is 0. The number of halogens is 2. The first-order chi connectivity index (χ1) is 6.43. The average molecular weight is 252 g/mol. The van der Waals surface area contributed by atoms with Crippen LogP contribution in [0.5, 0.6) is 0 Å². The highest BCUT2D eigenvalue weighted by Crippen LogP contribution is 1.94. The molecular weight excluding hydrogens is 233 g/mol. The van der Waals surface area contributed by atoms with Crippen LogP contribution in [0.2, 0.25) is 0 Å². The molecule has 0 atom stereocenters. The van der Waals surface area contributed by atoms with Gasteiger partial charge in [0.25, 0.3) is 0 Å². The maximum absolute atomic E-state index is 3.97. The summed E-state index contributed by atoms with van der Waals surface area (Å²) in [6, 6.07) is 4.07. The van der Waals surface area contributed by atoms with Gasteiger partial charge in [0.1, 0.15) is 0 Å². The molecule has 88 valence electrons. The SMILES string of the molecule is CNCCCNCc1ccncc1.Cl.Cl. The summed E-state index contributed by atoms with van der Waals surface area (Å²) in [6.07, 6.45) is 4.82. The van der Waals surface area contributed by atoms with Crippen LogP contribution in [0.4, 0.5) is 0 Å². The van der Waals surface area contributed by atoms with Crippen LogP contribution in [0.1, 0.15) is 12.0 Å². The van der Waals surface area contributed by atoms with Crippen molar-refractivity contribution in [1.29, 1.82) is 0 Å². The van der Waals surface area contributed by atoms with Crippen LogP contribution < -0.4 is 10.6 Å². The minimum absolute atomic E-state index is 0. The first kappa shape index (κ1) is 17.1. The summed E-state index contributed by atoms with van der Waals surface area (Å²) >= 11 is 0. The standard InChI is InChI=1S/C10H17N3.2ClH/c1-11-5-2-6-13-9-10-3-7-12-8-4-10;;/h3-4,7-8,11,13H,2,5-6,9H2,1H3;2*1H. The lowest BCUT2D eigenvalue weighted by molar-refractivity contribution is 0.625. The van der Waals surface area contributed by atoms with Crippen LogP contribution in [0.25, 0.3) is 0 Å². The zero-order valence-electron chi connectivity index (χ0n) is 8.90. The van der Waals surface area contributed by atoms with Crippen molar-refractivity contribution in [2.24, 2.45) is 0 Å². The van der Waals surface area contributed by atoms with E-state index in [9.17, 15) is 0 Å². The summed E-state index contributed by atoms with van der Waals surface area (Å²) in [7, 11) is 1.98. The Morgan fingerprint density at radius 1 is 1.13 bits per heavy atom. The predicted molar refractivity (Wildman–Crippen MR) is 69.0 cm³/mol. The van der Waals surface area contributed by atoms with Gasteiger partial charge in [-0.15, -0.1) is 24.8 Å². The van der Waals surface area contributed by atoms with Crippen molar-refractivity contribution in [1.82, 2.24) is 15.6 Å². The largest absolute Gasteiger partial charge is 0.320 e. The van der Waals surface area contributed by atoms with E-state index in [0.29, 0.717) is 0 Å². The minimum Gasteiger partial charge on any atom is -0.320 e. The van der Waals surface area contributed by atoms with Crippen LogP contribution in [-0.2, 0) is 6.54 Å². The summed E-state index contributed by atoms with van der Waals surface area (Å²) in [5.74, 6) is 0. The van der Waals surface area contributed by atoms with Gasteiger partial charge >= 0.3 is 0 Å².